The van der Waals surface area contributed by atoms with E-state index in [1.165, 1.54) is 19.3 Å². The highest BCUT2D eigenvalue weighted by Gasteiger charge is 2.51. The van der Waals surface area contributed by atoms with Gasteiger partial charge in [-0.15, -0.1) is 0 Å². The minimum absolute atomic E-state index is 0.108. The summed E-state index contributed by atoms with van der Waals surface area (Å²) in [6, 6.07) is 0. The van der Waals surface area contributed by atoms with Gasteiger partial charge in [-0.25, -0.2) is 4.57 Å². The number of carbonyl (C=O) groups is 1. The summed E-state index contributed by atoms with van der Waals surface area (Å²) in [7, 11) is -5.03. The predicted molar refractivity (Wildman–Crippen MR) is 244 cm³/mol. The van der Waals surface area contributed by atoms with Gasteiger partial charge in [0.1, 0.15) is 42.7 Å². The molecule has 1 aliphatic carbocycles. The Hall–Kier alpha value is -2.48. The molecule has 6 atom stereocenters. The van der Waals surface area contributed by atoms with Gasteiger partial charge in [-0.1, -0.05) is 137 Å². The normalized spacial score (nSPS) is 23.0. The summed E-state index contributed by atoms with van der Waals surface area (Å²) in [5.41, 5.74) is 0. The average molecular weight is 881 g/mol. The zero-order chi connectivity index (χ0) is 44.8. The number of aliphatic hydroxyl groups excluding tert-OH is 5. The van der Waals surface area contributed by atoms with Gasteiger partial charge in [0, 0.05) is 13.0 Å². The molecule has 350 valence electrons. The SMILES string of the molecule is CC/C=C\C/C=C\C/C=C\C/C=C\C/C=C\C/C=C\CCCCCOCC(COP(=O)(O)OC1C(O)C(O)C(O)C(O)C1O)OC(=O)CCCCCCC/C=C\CCCCC. The third kappa shape index (κ3) is 30.3. The summed E-state index contributed by atoms with van der Waals surface area (Å²) < 4.78 is 34.1. The molecule has 1 rings (SSSR count). The molecule has 0 aromatic carbocycles. The van der Waals surface area contributed by atoms with E-state index in [1.54, 1.807) is 0 Å². The van der Waals surface area contributed by atoms with Crippen molar-refractivity contribution in [2.24, 2.45) is 0 Å². The van der Waals surface area contributed by atoms with Crippen LogP contribution in [0.2, 0.25) is 0 Å². The highest BCUT2D eigenvalue weighted by Crippen LogP contribution is 2.47. The molecule has 0 spiro atoms. The zero-order valence-corrected chi connectivity index (χ0v) is 38.1. The Morgan fingerprint density at radius 1 is 0.541 bits per heavy atom. The Balaban J connectivity index is 2.42. The van der Waals surface area contributed by atoms with Gasteiger partial charge in [0.15, 0.2) is 0 Å². The average Bonchev–Trinajstić information content (AvgIpc) is 3.24. The second-order valence-electron chi connectivity index (χ2n) is 15.5. The minimum Gasteiger partial charge on any atom is -0.457 e. The summed E-state index contributed by atoms with van der Waals surface area (Å²) in [6.07, 6.45) is 38.0. The minimum atomic E-state index is -5.03. The number of allylic oxidation sites excluding steroid dienone is 14. The van der Waals surface area contributed by atoms with Crippen LogP contribution in [0.1, 0.15) is 149 Å². The Labute approximate surface area is 367 Å². The van der Waals surface area contributed by atoms with Gasteiger partial charge in [0.05, 0.1) is 13.2 Å². The van der Waals surface area contributed by atoms with Crippen molar-refractivity contribution in [1.29, 1.82) is 0 Å². The molecule has 0 aromatic rings. The number of hydrogen-bond acceptors (Lipinski definition) is 11. The fourth-order valence-corrected chi connectivity index (χ4v) is 7.32. The van der Waals surface area contributed by atoms with Gasteiger partial charge in [-0.2, -0.15) is 0 Å². The van der Waals surface area contributed by atoms with Gasteiger partial charge in [0.25, 0.3) is 0 Å². The zero-order valence-electron chi connectivity index (χ0n) is 37.2. The van der Waals surface area contributed by atoms with E-state index < -0.39 is 63.1 Å². The molecule has 0 bridgehead atoms. The number of aliphatic hydroxyl groups is 5. The standard InChI is InChI=1S/C48H81O12P/c1-3-5-7-9-11-13-15-17-18-19-20-21-22-23-24-25-26-28-30-32-34-36-38-57-39-41(59-42(49)37-35-33-31-29-27-16-14-12-10-8-6-4-2)40-58-61(55,56)60-48-46(53)44(51)43(50)45(52)47(48)54/h5,7,11-14,17-18,20-21,23-24,26,28,41,43-48,50-54H,3-4,6,8-10,15-16,19,22,25,27,29-40H2,1-2H3,(H,55,56)/b7-5-,13-11-,14-12-,18-17-,21-20-,24-23-,28-26-. The first-order valence-electron chi connectivity index (χ1n) is 22.9. The molecule has 13 heteroatoms. The van der Waals surface area contributed by atoms with Crippen LogP contribution < -0.4 is 0 Å². The van der Waals surface area contributed by atoms with E-state index in [-0.39, 0.29) is 13.0 Å². The van der Waals surface area contributed by atoms with Crippen molar-refractivity contribution >= 4 is 13.8 Å². The smallest absolute Gasteiger partial charge is 0.457 e. The van der Waals surface area contributed by atoms with Crippen LogP contribution in [-0.4, -0.2) is 98.9 Å². The number of phosphoric acid groups is 1. The Bertz CT molecular complexity index is 1330. The Morgan fingerprint density at radius 2 is 0.967 bits per heavy atom. The maximum Gasteiger partial charge on any atom is 0.472 e. The van der Waals surface area contributed by atoms with Crippen LogP contribution >= 0.6 is 7.82 Å². The van der Waals surface area contributed by atoms with Gasteiger partial charge >= 0.3 is 13.8 Å². The van der Waals surface area contributed by atoms with Crippen LogP contribution in [0, 0.1) is 0 Å². The molecule has 0 radical (unpaired) electrons. The summed E-state index contributed by atoms with van der Waals surface area (Å²) >= 11 is 0. The lowest BCUT2D eigenvalue weighted by atomic mass is 9.85. The monoisotopic (exact) mass is 881 g/mol. The molecule has 0 saturated heterocycles. The molecule has 1 saturated carbocycles. The van der Waals surface area contributed by atoms with Crippen LogP contribution in [0.3, 0.4) is 0 Å². The highest BCUT2D eigenvalue weighted by atomic mass is 31.2. The number of hydrogen-bond donors (Lipinski definition) is 6. The van der Waals surface area contributed by atoms with E-state index >= 15 is 0 Å². The van der Waals surface area contributed by atoms with Crippen molar-refractivity contribution < 1.29 is 58.3 Å². The van der Waals surface area contributed by atoms with E-state index in [1.807, 2.05) is 0 Å². The molecule has 0 amide bonds. The highest BCUT2D eigenvalue weighted by molar-refractivity contribution is 7.47. The first-order chi connectivity index (χ1) is 29.5. The number of rotatable bonds is 37. The molecule has 6 N–H and O–H groups in total. The lowest BCUT2D eigenvalue weighted by Gasteiger charge is -2.41. The van der Waals surface area contributed by atoms with Crippen LogP contribution in [-0.2, 0) is 27.9 Å². The van der Waals surface area contributed by atoms with Gasteiger partial charge in [-0.05, 0) is 89.9 Å². The number of phosphoric ester groups is 1. The summed E-state index contributed by atoms with van der Waals surface area (Å²) in [5, 5.41) is 50.1. The Kier molecular flexibility index (Phi) is 35.2. The van der Waals surface area contributed by atoms with Crippen molar-refractivity contribution in [3.63, 3.8) is 0 Å². The van der Waals surface area contributed by atoms with Gasteiger partial charge < -0.3 is 39.9 Å². The van der Waals surface area contributed by atoms with E-state index in [9.17, 15) is 39.8 Å². The molecule has 61 heavy (non-hydrogen) atoms. The van der Waals surface area contributed by atoms with Crippen LogP contribution in [0.5, 0.6) is 0 Å². The molecule has 12 nitrogen and oxygen atoms in total. The summed E-state index contributed by atoms with van der Waals surface area (Å²) in [4.78, 5) is 23.1. The predicted octanol–water partition coefficient (Wildman–Crippen LogP) is 9.36. The molecular formula is C48H81O12P. The quantitative estimate of drug-likeness (QED) is 0.0150. The number of carbonyl (C=O) groups excluding carboxylic acids is 1. The van der Waals surface area contributed by atoms with Crippen molar-refractivity contribution in [3.05, 3.63) is 85.1 Å². The third-order valence-electron chi connectivity index (χ3n) is 10.0. The van der Waals surface area contributed by atoms with Crippen molar-refractivity contribution in [2.75, 3.05) is 19.8 Å². The van der Waals surface area contributed by atoms with Gasteiger partial charge in [-0.3, -0.25) is 13.8 Å². The van der Waals surface area contributed by atoms with Crippen LogP contribution in [0.15, 0.2) is 85.1 Å². The third-order valence-corrected chi connectivity index (χ3v) is 11.0. The first kappa shape index (κ1) is 56.5. The lowest BCUT2D eigenvalue weighted by molar-refractivity contribution is -0.220. The lowest BCUT2D eigenvalue weighted by Crippen LogP contribution is -2.64. The van der Waals surface area contributed by atoms with Crippen molar-refractivity contribution in [3.8, 4) is 0 Å². The van der Waals surface area contributed by atoms with E-state index in [4.69, 9.17) is 18.5 Å². The summed E-state index contributed by atoms with van der Waals surface area (Å²) in [6.45, 7) is 4.01. The number of esters is 1. The second-order valence-corrected chi connectivity index (χ2v) is 16.9. The molecule has 0 aromatic heterocycles. The molecule has 1 fully saturated rings. The van der Waals surface area contributed by atoms with Crippen LogP contribution in [0.25, 0.3) is 0 Å². The Morgan fingerprint density at radius 3 is 1.49 bits per heavy atom. The van der Waals surface area contributed by atoms with Crippen molar-refractivity contribution in [2.45, 2.75) is 191 Å². The van der Waals surface area contributed by atoms with E-state index in [0.29, 0.717) is 13.0 Å². The summed E-state index contributed by atoms with van der Waals surface area (Å²) in [5.74, 6) is -0.504. The second kappa shape index (κ2) is 38.0. The maximum atomic E-state index is 12.8. The first-order valence-corrected chi connectivity index (χ1v) is 24.4. The van der Waals surface area contributed by atoms with E-state index in [2.05, 4.69) is 98.9 Å². The molecule has 1 aliphatic rings. The molecule has 0 aliphatic heterocycles. The number of unbranched alkanes of at least 4 members (excludes halogenated alkanes) is 11. The number of ether oxygens (including phenoxy) is 2. The van der Waals surface area contributed by atoms with Crippen molar-refractivity contribution in [1.82, 2.24) is 0 Å². The van der Waals surface area contributed by atoms with Gasteiger partial charge in [0.2, 0.25) is 0 Å². The molecule has 0 heterocycles. The van der Waals surface area contributed by atoms with Crippen LogP contribution in [0.4, 0.5) is 0 Å². The topological polar surface area (TPSA) is 192 Å². The molecule has 6 unspecified atom stereocenters. The fourth-order valence-electron chi connectivity index (χ4n) is 6.35. The largest absolute Gasteiger partial charge is 0.472 e. The molecular weight excluding hydrogens is 799 g/mol. The van der Waals surface area contributed by atoms with E-state index in [0.717, 1.165) is 103 Å². The fraction of sp³-hybridized carbons (Fsp3) is 0.688. The maximum absolute atomic E-state index is 12.8.